The number of nitrogen functional groups attached to an aromatic ring is 1. The van der Waals surface area contributed by atoms with Crippen molar-refractivity contribution in [3.8, 4) is 17.2 Å². The Hall–Kier alpha value is -2.50. The van der Waals surface area contributed by atoms with Crippen LogP contribution in [0.25, 0.3) is 0 Å². The summed E-state index contributed by atoms with van der Waals surface area (Å²) in [5.74, 6) is 3.35. The third-order valence-corrected chi connectivity index (χ3v) is 5.09. The topological polar surface area (TPSA) is 82.3 Å². The summed E-state index contributed by atoms with van der Waals surface area (Å²) in [5, 5.41) is 3.51. The molecule has 1 saturated carbocycles. The van der Waals surface area contributed by atoms with E-state index < -0.39 is 0 Å². The van der Waals surface area contributed by atoms with Crippen LogP contribution in [0.2, 0.25) is 0 Å². The number of methoxy groups -OCH3 is 1. The normalized spacial score (nSPS) is 15.0. The molecule has 2 aromatic rings. The lowest BCUT2D eigenvalue weighted by molar-refractivity contribution is 0.404. The van der Waals surface area contributed by atoms with Gasteiger partial charge >= 0.3 is 0 Å². The Labute approximate surface area is 161 Å². The second kappa shape index (κ2) is 8.46. The maximum atomic E-state index is 6.27. The van der Waals surface area contributed by atoms with Crippen LogP contribution < -0.4 is 20.5 Å². The summed E-state index contributed by atoms with van der Waals surface area (Å²) in [7, 11) is 1.67. The first kappa shape index (κ1) is 19.3. The summed E-state index contributed by atoms with van der Waals surface area (Å²) >= 11 is 0. The molecule has 146 valence electrons. The van der Waals surface area contributed by atoms with Crippen LogP contribution in [0.4, 0.5) is 11.8 Å². The molecule has 0 saturated heterocycles. The van der Waals surface area contributed by atoms with Gasteiger partial charge in [0.2, 0.25) is 5.95 Å². The van der Waals surface area contributed by atoms with Crippen LogP contribution in [0.3, 0.4) is 0 Å². The van der Waals surface area contributed by atoms with E-state index in [1.54, 1.807) is 13.3 Å². The van der Waals surface area contributed by atoms with Crippen molar-refractivity contribution in [1.29, 1.82) is 0 Å². The average Bonchev–Trinajstić information content (AvgIpc) is 2.65. The van der Waals surface area contributed by atoms with E-state index in [1.807, 2.05) is 13.0 Å². The molecule has 0 amide bonds. The van der Waals surface area contributed by atoms with E-state index in [9.17, 15) is 0 Å². The molecular weight excluding hydrogens is 340 g/mol. The summed E-state index contributed by atoms with van der Waals surface area (Å²) in [5.41, 5.74) is 8.04. The highest BCUT2D eigenvalue weighted by Crippen LogP contribution is 2.38. The van der Waals surface area contributed by atoms with Gasteiger partial charge in [-0.2, -0.15) is 4.98 Å². The second-order valence-corrected chi connectivity index (χ2v) is 7.54. The zero-order chi connectivity index (χ0) is 19.4. The quantitative estimate of drug-likeness (QED) is 0.741. The van der Waals surface area contributed by atoms with E-state index >= 15 is 0 Å². The number of anilines is 2. The minimum atomic E-state index is 0.242. The van der Waals surface area contributed by atoms with Gasteiger partial charge in [0.05, 0.1) is 13.3 Å². The maximum Gasteiger partial charge on any atom is 0.222 e. The SMILES string of the molecule is COc1cc(Oc2cnc(N)nc2NC2CCCCC2)c(C(C)C)cc1C. The Bertz CT molecular complexity index is 786. The number of nitrogens with two attached hydrogens (primary N) is 1. The number of hydrogen-bond donors (Lipinski definition) is 2. The van der Waals surface area contributed by atoms with Gasteiger partial charge in [0.15, 0.2) is 11.6 Å². The summed E-state index contributed by atoms with van der Waals surface area (Å²) in [6, 6.07) is 4.45. The number of nitrogens with zero attached hydrogens (tertiary/aromatic N) is 2. The fourth-order valence-corrected chi connectivity index (χ4v) is 3.57. The minimum absolute atomic E-state index is 0.242. The van der Waals surface area contributed by atoms with Crippen LogP contribution in [0.15, 0.2) is 18.3 Å². The van der Waals surface area contributed by atoms with Crippen LogP contribution in [0, 0.1) is 6.92 Å². The van der Waals surface area contributed by atoms with E-state index in [-0.39, 0.29) is 5.95 Å². The largest absolute Gasteiger partial charge is 0.496 e. The van der Waals surface area contributed by atoms with E-state index in [1.165, 1.54) is 19.3 Å². The number of rotatable bonds is 6. The fourth-order valence-electron chi connectivity index (χ4n) is 3.57. The van der Waals surface area contributed by atoms with Gasteiger partial charge in [-0.25, -0.2) is 4.98 Å². The Morgan fingerprint density at radius 2 is 1.85 bits per heavy atom. The van der Waals surface area contributed by atoms with Crippen LogP contribution in [0.1, 0.15) is 63.0 Å². The van der Waals surface area contributed by atoms with E-state index in [4.69, 9.17) is 15.2 Å². The number of nitrogens with one attached hydrogen (secondary N) is 1. The van der Waals surface area contributed by atoms with E-state index in [0.717, 1.165) is 35.5 Å². The predicted molar refractivity (Wildman–Crippen MR) is 109 cm³/mol. The summed E-state index contributed by atoms with van der Waals surface area (Å²) in [6.07, 6.45) is 7.69. The van der Waals surface area contributed by atoms with Gasteiger partial charge in [-0.3, -0.25) is 0 Å². The van der Waals surface area contributed by atoms with Crippen LogP contribution >= 0.6 is 0 Å². The Morgan fingerprint density at radius 3 is 2.52 bits per heavy atom. The molecule has 6 nitrogen and oxygen atoms in total. The molecule has 27 heavy (non-hydrogen) atoms. The van der Waals surface area contributed by atoms with Crippen molar-refractivity contribution in [2.45, 2.75) is 64.8 Å². The second-order valence-electron chi connectivity index (χ2n) is 7.54. The number of benzene rings is 1. The highest BCUT2D eigenvalue weighted by molar-refractivity contribution is 5.56. The van der Waals surface area contributed by atoms with Crippen molar-refractivity contribution in [3.05, 3.63) is 29.5 Å². The Kier molecular flexibility index (Phi) is 6.04. The zero-order valence-corrected chi connectivity index (χ0v) is 16.7. The first-order valence-corrected chi connectivity index (χ1v) is 9.73. The molecule has 0 unspecified atom stereocenters. The van der Waals surface area contributed by atoms with Gasteiger partial charge in [-0.05, 0) is 42.9 Å². The Morgan fingerprint density at radius 1 is 1.11 bits per heavy atom. The number of aromatic nitrogens is 2. The van der Waals surface area contributed by atoms with Crippen LogP contribution in [-0.2, 0) is 0 Å². The van der Waals surface area contributed by atoms with Gasteiger partial charge in [0.1, 0.15) is 11.5 Å². The van der Waals surface area contributed by atoms with Gasteiger partial charge < -0.3 is 20.5 Å². The standard InChI is InChI=1S/C21H30N4O2/c1-13(2)16-10-14(3)17(26-4)11-18(16)27-19-12-23-21(22)25-20(19)24-15-8-6-5-7-9-15/h10-13,15H,5-9H2,1-4H3,(H3,22,23,24,25). The molecule has 1 aromatic heterocycles. The van der Waals surface area contributed by atoms with Gasteiger partial charge in [-0.1, -0.05) is 33.1 Å². The lowest BCUT2D eigenvalue weighted by Gasteiger charge is -2.24. The molecule has 6 heteroatoms. The third-order valence-electron chi connectivity index (χ3n) is 5.09. The van der Waals surface area contributed by atoms with Gasteiger partial charge in [-0.15, -0.1) is 0 Å². The predicted octanol–water partition coefficient (Wildman–Crippen LogP) is 5.04. The van der Waals surface area contributed by atoms with Crippen molar-refractivity contribution < 1.29 is 9.47 Å². The minimum Gasteiger partial charge on any atom is -0.496 e. The highest BCUT2D eigenvalue weighted by atomic mass is 16.5. The van der Waals surface area contributed by atoms with Crippen molar-refractivity contribution >= 4 is 11.8 Å². The molecule has 0 atom stereocenters. The average molecular weight is 370 g/mol. The maximum absolute atomic E-state index is 6.27. The molecule has 1 aromatic carbocycles. The first-order valence-electron chi connectivity index (χ1n) is 9.73. The van der Waals surface area contributed by atoms with Crippen molar-refractivity contribution in [2.75, 3.05) is 18.2 Å². The lowest BCUT2D eigenvalue weighted by atomic mass is 9.95. The molecular formula is C21H30N4O2. The summed E-state index contributed by atoms with van der Waals surface area (Å²) < 4.78 is 11.8. The van der Waals surface area contributed by atoms with Crippen molar-refractivity contribution in [1.82, 2.24) is 9.97 Å². The smallest absolute Gasteiger partial charge is 0.222 e. The van der Waals surface area contributed by atoms with E-state index in [0.29, 0.717) is 23.5 Å². The van der Waals surface area contributed by atoms with Crippen LogP contribution in [-0.4, -0.2) is 23.1 Å². The van der Waals surface area contributed by atoms with Gasteiger partial charge in [0.25, 0.3) is 0 Å². The van der Waals surface area contributed by atoms with Crippen molar-refractivity contribution in [2.24, 2.45) is 0 Å². The van der Waals surface area contributed by atoms with Crippen molar-refractivity contribution in [3.63, 3.8) is 0 Å². The molecule has 3 N–H and O–H groups in total. The highest BCUT2D eigenvalue weighted by Gasteiger charge is 2.19. The molecule has 3 rings (SSSR count). The van der Waals surface area contributed by atoms with Gasteiger partial charge in [0, 0.05) is 12.1 Å². The molecule has 0 bridgehead atoms. The van der Waals surface area contributed by atoms with E-state index in [2.05, 4.69) is 35.2 Å². The van der Waals surface area contributed by atoms with Crippen LogP contribution in [0.5, 0.6) is 17.2 Å². The number of ether oxygens (including phenoxy) is 2. The molecule has 0 radical (unpaired) electrons. The molecule has 1 fully saturated rings. The number of aryl methyl sites for hydroxylation is 1. The lowest BCUT2D eigenvalue weighted by Crippen LogP contribution is -2.23. The summed E-state index contributed by atoms with van der Waals surface area (Å²) in [4.78, 5) is 8.53. The zero-order valence-electron chi connectivity index (χ0n) is 16.7. The Balaban J connectivity index is 1.93. The molecule has 0 spiro atoms. The molecule has 1 heterocycles. The molecule has 0 aliphatic heterocycles. The molecule has 1 aliphatic carbocycles. The molecule has 1 aliphatic rings. The number of hydrogen-bond acceptors (Lipinski definition) is 6. The fraction of sp³-hybridized carbons (Fsp3) is 0.524. The summed E-state index contributed by atoms with van der Waals surface area (Å²) in [6.45, 7) is 6.33. The third kappa shape index (κ3) is 4.62. The monoisotopic (exact) mass is 370 g/mol. The first-order chi connectivity index (χ1) is 13.0.